The van der Waals surface area contributed by atoms with Gasteiger partial charge in [0.05, 0.1) is 13.2 Å². The van der Waals surface area contributed by atoms with E-state index in [1.807, 2.05) is 12.1 Å². The highest BCUT2D eigenvalue weighted by atomic mass is 28.4. The molecule has 0 bridgehead atoms. The molecule has 2 aromatic rings. The maximum Gasteiger partial charge on any atom is 0.261 e. The van der Waals surface area contributed by atoms with Gasteiger partial charge in [-0.3, -0.25) is 0 Å². The van der Waals surface area contributed by atoms with E-state index in [0.29, 0.717) is 6.42 Å². The van der Waals surface area contributed by atoms with E-state index in [1.165, 1.54) is 10.4 Å². The third-order valence-corrected chi connectivity index (χ3v) is 11.0. The van der Waals surface area contributed by atoms with E-state index < -0.39 is 26.1 Å². The SMILES string of the molecule is C#CC[C@]1(CO[Si](c2ccccc2)(c2ccccc2)C(C)(C)C)OC[C@H](O)[C@@H]1OC. The molecule has 0 aliphatic carbocycles. The van der Waals surface area contributed by atoms with Gasteiger partial charge in [-0.25, -0.2) is 0 Å². The molecule has 1 heterocycles. The number of hydrogen-bond donors (Lipinski definition) is 1. The average Bonchev–Trinajstić information content (AvgIpc) is 3.04. The summed E-state index contributed by atoms with van der Waals surface area (Å²) in [5.74, 6) is 2.71. The Morgan fingerprint density at radius 3 is 2.07 bits per heavy atom. The van der Waals surface area contributed by atoms with Crippen LogP contribution in [-0.4, -0.2) is 51.6 Å². The van der Waals surface area contributed by atoms with Gasteiger partial charge in [0.2, 0.25) is 0 Å². The van der Waals surface area contributed by atoms with Crippen molar-refractivity contribution in [3.8, 4) is 12.3 Å². The molecule has 3 atom stereocenters. The van der Waals surface area contributed by atoms with Crippen molar-refractivity contribution >= 4 is 18.7 Å². The monoisotopic (exact) mass is 424 g/mol. The van der Waals surface area contributed by atoms with Gasteiger partial charge in [-0.1, -0.05) is 81.4 Å². The van der Waals surface area contributed by atoms with E-state index in [4.69, 9.17) is 20.3 Å². The van der Waals surface area contributed by atoms with E-state index in [-0.39, 0.29) is 18.3 Å². The predicted molar refractivity (Wildman–Crippen MR) is 123 cm³/mol. The third-order valence-electron chi connectivity index (χ3n) is 6.01. The normalized spacial score (nSPS) is 24.5. The second kappa shape index (κ2) is 9.05. The first kappa shape index (κ1) is 22.7. The zero-order chi connectivity index (χ0) is 21.8. The molecule has 160 valence electrons. The van der Waals surface area contributed by atoms with Gasteiger partial charge in [-0.2, -0.15) is 0 Å². The predicted octanol–water partition coefficient (Wildman–Crippen LogP) is 2.73. The lowest BCUT2D eigenvalue weighted by Gasteiger charge is -2.45. The molecular weight excluding hydrogens is 392 g/mol. The van der Waals surface area contributed by atoms with Crippen LogP contribution in [0.15, 0.2) is 60.7 Å². The first-order chi connectivity index (χ1) is 14.3. The second-order valence-electron chi connectivity index (χ2n) is 8.93. The van der Waals surface area contributed by atoms with E-state index in [0.717, 1.165) is 0 Å². The van der Waals surface area contributed by atoms with Crippen LogP contribution in [0.1, 0.15) is 27.2 Å². The smallest absolute Gasteiger partial charge is 0.261 e. The van der Waals surface area contributed by atoms with E-state index in [1.54, 1.807) is 7.11 Å². The number of hydrogen-bond acceptors (Lipinski definition) is 4. The summed E-state index contributed by atoms with van der Waals surface area (Å²) >= 11 is 0. The van der Waals surface area contributed by atoms with Crippen LogP contribution in [0.2, 0.25) is 5.04 Å². The lowest BCUT2D eigenvalue weighted by Crippen LogP contribution is -2.68. The van der Waals surface area contributed by atoms with Crippen molar-refractivity contribution < 1.29 is 19.0 Å². The van der Waals surface area contributed by atoms with Gasteiger partial charge in [0.1, 0.15) is 17.8 Å². The fraction of sp³-hybridized carbons (Fsp3) is 0.440. The Bertz CT molecular complexity index is 817. The number of methoxy groups -OCH3 is 1. The molecule has 4 nitrogen and oxygen atoms in total. The van der Waals surface area contributed by atoms with Crippen molar-refractivity contribution in [3.63, 3.8) is 0 Å². The number of aliphatic hydroxyl groups is 1. The minimum absolute atomic E-state index is 0.160. The maximum absolute atomic E-state index is 10.4. The molecule has 0 unspecified atom stereocenters. The van der Waals surface area contributed by atoms with E-state index in [2.05, 4.69) is 75.2 Å². The molecule has 5 heteroatoms. The summed E-state index contributed by atoms with van der Waals surface area (Å²) in [6.07, 6.45) is 4.73. The van der Waals surface area contributed by atoms with Crippen LogP contribution in [-0.2, 0) is 13.9 Å². The zero-order valence-electron chi connectivity index (χ0n) is 18.3. The highest BCUT2D eigenvalue weighted by Gasteiger charge is 2.55. The summed E-state index contributed by atoms with van der Waals surface area (Å²) in [7, 11) is -1.16. The molecule has 1 aliphatic heterocycles. The van der Waals surface area contributed by atoms with Gasteiger partial charge in [0.25, 0.3) is 8.32 Å². The van der Waals surface area contributed by atoms with Crippen LogP contribution in [0.5, 0.6) is 0 Å². The number of aliphatic hydroxyl groups excluding tert-OH is 1. The summed E-state index contributed by atoms with van der Waals surface area (Å²) in [4.78, 5) is 0. The van der Waals surface area contributed by atoms with Crippen molar-refractivity contribution in [2.75, 3.05) is 20.3 Å². The van der Waals surface area contributed by atoms with Crippen molar-refractivity contribution in [2.24, 2.45) is 0 Å². The summed E-state index contributed by atoms with van der Waals surface area (Å²) in [6, 6.07) is 20.9. The number of terminal acetylenes is 1. The molecule has 1 fully saturated rings. The Morgan fingerprint density at radius 1 is 1.10 bits per heavy atom. The fourth-order valence-electron chi connectivity index (χ4n) is 4.63. The molecule has 0 aromatic heterocycles. The zero-order valence-corrected chi connectivity index (χ0v) is 19.3. The van der Waals surface area contributed by atoms with Gasteiger partial charge >= 0.3 is 0 Å². The summed E-state index contributed by atoms with van der Waals surface area (Å²) < 4.78 is 18.7. The second-order valence-corrected chi connectivity index (χ2v) is 13.2. The van der Waals surface area contributed by atoms with Gasteiger partial charge < -0.3 is 19.0 Å². The number of ether oxygens (including phenoxy) is 2. The first-order valence-corrected chi connectivity index (χ1v) is 12.2. The molecule has 1 N–H and O–H groups in total. The molecule has 2 aromatic carbocycles. The van der Waals surface area contributed by atoms with Gasteiger partial charge in [-0.05, 0) is 15.4 Å². The van der Waals surface area contributed by atoms with Gasteiger partial charge in [0, 0.05) is 13.5 Å². The quantitative estimate of drug-likeness (QED) is 0.548. The average molecular weight is 425 g/mol. The third kappa shape index (κ3) is 3.99. The first-order valence-electron chi connectivity index (χ1n) is 10.3. The van der Waals surface area contributed by atoms with Gasteiger partial charge in [-0.15, -0.1) is 12.3 Å². The Morgan fingerprint density at radius 2 is 1.63 bits per heavy atom. The Labute approximate surface area is 181 Å². The minimum atomic E-state index is -2.74. The highest BCUT2D eigenvalue weighted by Crippen LogP contribution is 2.39. The van der Waals surface area contributed by atoms with Crippen LogP contribution in [0.4, 0.5) is 0 Å². The number of rotatable bonds is 7. The topological polar surface area (TPSA) is 47.9 Å². The molecule has 0 spiro atoms. The fourth-order valence-corrected chi connectivity index (χ4v) is 9.25. The largest absolute Gasteiger partial charge is 0.404 e. The molecule has 1 saturated heterocycles. The van der Waals surface area contributed by atoms with Crippen LogP contribution in [0.25, 0.3) is 0 Å². The number of benzene rings is 2. The highest BCUT2D eigenvalue weighted by molar-refractivity contribution is 6.99. The van der Waals surface area contributed by atoms with Crippen LogP contribution >= 0.6 is 0 Å². The minimum Gasteiger partial charge on any atom is -0.404 e. The molecule has 30 heavy (non-hydrogen) atoms. The molecule has 0 radical (unpaired) electrons. The van der Waals surface area contributed by atoms with Crippen molar-refractivity contribution in [1.82, 2.24) is 0 Å². The summed E-state index contributed by atoms with van der Waals surface area (Å²) in [5.41, 5.74) is -0.879. The van der Waals surface area contributed by atoms with Gasteiger partial charge in [0.15, 0.2) is 0 Å². The lowest BCUT2D eigenvalue weighted by molar-refractivity contribution is -0.101. The van der Waals surface area contributed by atoms with Crippen LogP contribution in [0, 0.1) is 12.3 Å². The van der Waals surface area contributed by atoms with Crippen molar-refractivity contribution in [1.29, 1.82) is 0 Å². The van der Waals surface area contributed by atoms with E-state index >= 15 is 0 Å². The lowest BCUT2D eigenvalue weighted by atomic mass is 9.93. The maximum atomic E-state index is 10.4. The van der Waals surface area contributed by atoms with Crippen LogP contribution < -0.4 is 10.4 Å². The standard InChI is InChI=1S/C25H32O4Si/c1-6-17-25(23(27-5)22(26)18-28-25)19-29-30(24(2,3)4,20-13-9-7-10-14-20)21-15-11-8-12-16-21/h1,7-16,22-23,26H,17-19H2,2-5H3/t22-,23-,25+/m0/s1. The molecule has 1 aliphatic rings. The summed E-state index contributed by atoms with van der Waals surface area (Å²) in [5, 5.41) is 12.6. The Hall–Kier alpha value is -1.94. The van der Waals surface area contributed by atoms with Crippen molar-refractivity contribution in [3.05, 3.63) is 60.7 Å². The summed E-state index contributed by atoms with van der Waals surface area (Å²) in [6.45, 7) is 7.12. The van der Waals surface area contributed by atoms with Crippen molar-refractivity contribution in [2.45, 2.75) is 50.0 Å². The Kier molecular flexibility index (Phi) is 6.86. The van der Waals surface area contributed by atoms with E-state index in [9.17, 15) is 5.11 Å². The van der Waals surface area contributed by atoms with Crippen LogP contribution in [0.3, 0.4) is 0 Å². The molecule has 0 saturated carbocycles. The molecular formula is C25H32O4Si. The molecule has 3 rings (SSSR count). The Balaban J connectivity index is 2.11. The molecule has 0 amide bonds.